The summed E-state index contributed by atoms with van der Waals surface area (Å²) < 4.78 is 0. The van der Waals surface area contributed by atoms with Crippen LogP contribution in [0.1, 0.15) is 44.9 Å². The predicted molar refractivity (Wildman–Crippen MR) is 81.6 cm³/mol. The van der Waals surface area contributed by atoms with Crippen molar-refractivity contribution in [2.24, 2.45) is 17.8 Å². The number of hydrogen-bond acceptors (Lipinski definition) is 3. The standard InChI is InChI=1S/C17H25N3O2/c18-8-2-10-19(11-13-4-5-13)17(22)15-3-1-9-20(12-15)16(21)14-6-7-14/h13-15H,1-7,9-12H2/t15-/m1/s1. The average molecular weight is 303 g/mol. The van der Waals surface area contributed by atoms with Crippen LogP contribution in [-0.4, -0.2) is 47.8 Å². The summed E-state index contributed by atoms with van der Waals surface area (Å²) in [6.07, 6.45) is 6.63. The largest absolute Gasteiger partial charge is 0.342 e. The van der Waals surface area contributed by atoms with E-state index in [1.165, 1.54) is 12.8 Å². The van der Waals surface area contributed by atoms with Gasteiger partial charge in [-0.2, -0.15) is 5.26 Å². The Morgan fingerprint density at radius 2 is 1.91 bits per heavy atom. The highest BCUT2D eigenvalue weighted by Gasteiger charge is 2.38. The maximum absolute atomic E-state index is 12.8. The maximum atomic E-state index is 12.8. The second-order valence-corrected chi connectivity index (χ2v) is 7.03. The molecule has 1 atom stereocenters. The van der Waals surface area contributed by atoms with Gasteiger partial charge in [0.05, 0.1) is 18.4 Å². The molecule has 120 valence electrons. The number of nitrogens with zero attached hydrogens (tertiary/aromatic N) is 3. The highest BCUT2D eigenvalue weighted by atomic mass is 16.2. The molecule has 0 unspecified atom stereocenters. The molecular formula is C17H25N3O2. The van der Waals surface area contributed by atoms with E-state index < -0.39 is 0 Å². The zero-order valence-corrected chi connectivity index (χ0v) is 13.2. The summed E-state index contributed by atoms with van der Waals surface area (Å²) in [7, 11) is 0. The molecule has 0 aromatic rings. The third-order valence-corrected chi connectivity index (χ3v) is 4.99. The zero-order chi connectivity index (χ0) is 15.5. The van der Waals surface area contributed by atoms with Gasteiger partial charge in [0.1, 0.15) is 0 Å². The van der Waals surface area contributed by atoms with Gasteiger partial charge >= 0.3 is 0 Å². The fraction of sp³-hybridized carbons (Fsp3) is 0.824. The van der Waals surface area contributed by atoms with Gasteiger partial charge in [-0.1, -0.05) is 0 Å². The monoisotopic (exact) mass is 303 g/mol. The highest BCUT2D eigenvalue weighted by molar-refractivity contribution is 5.83. The lowest BCUT2D eigenvalue weighted by Crippen LogP contribution is -2.47. The number of hydrogen-bond donors (Lipinski definition) is 0. The van der Waals surface area contributed by atoms with Crippen molar-refractivity contribution in [3.63, 3.8) is 0 Å². The van der Waals surface area contributed by atoms with Gasteiger partial charge in [0.25, 0.3) is 0 Å². The minimum Gasteiger partial charge on any atom is -0.342 e. The van der Waals surface area contributed by atoms with E-state index in [1.807, 2.05) is 9.80 Å². The zero-order valence-electron chi connectivity index (χ0n) is 13.2. The van der Waals surface area contributed by atoms with E-state index in [9.17, 15) is 9.59 Å². The molecule has 0 N–H and O–H groups in total. The van der Waals surface area contributed by atoms with Crippen molar-refractivity contribution in [1.82, 2.24) is 9.80 Å². The van der Waals surface area contributed by atoms with Crippen LogP contribution in [0.25, 0.3) is 0 Å². The number of carbonyl (C=O) groups excluding carboxylic acids is 2. The number of rotatable bonds is 6. The number of amides is 2. The first-order chi connectivity index (χ1) is 10.7. The summed E-state index contributed by atoms with van der Waals surface area (Å²) in [6.45, 7) is 2.73. The number of nitriles is 1. The molecular weight excluding hydrogens is 278 g/mol. The van der Waals surface area contributed by atoms with Crippen LogP contribution in [-0.2, 0) is 9.59 Å². The maximum Gasteiger partial charge on any atom is 0.227 e. The molecule has 0 bridgehead atoms. The lowest BCUT2D eigenvalue weighted by atomic mass is 9.95. The molecule has 3 rings (SSSR count). The van der Waals surface area contributed by atoms with Gasteiger partial charge in [0.15, 0.2) is 0 Å². The fourth-order valence-corrected chi connectivity index (χ4v) is 3.31. The Morgan fingerprint density at radius 1 is 1.14 bits per heavy atom. The van der Waals surface area contributed by atoms with Crippen molar-refractivity contribution >= 4 is 11.8 Å². The van der Waals surface area contributed by atoms with E-state index >= 15 is 0 Å². The molecule has 2 amide bonds. The van der Waals surface area contributed by atoms with Crippen LogP contribution in [0.3, 0.4) is 0 Å². The Kier molecular flexibility index (Phi) is 4.66. The Hall–Kier alpha value is -1.57. The van der Waals surface area contributed by atoms with Crippen LogP contribution in [0.5, 0.6) is 0 Å². The molecule has 1 heterocycles. The van der Waals surface area contributed by atoms with E-state index in [1.54, 1.807) is 0 Å². The number of carbonyl (C=O) groups is 2. The SMILES string of the molecule is N#CCCN(CC1CC1)C(=O)[C@@H]1CCCN(C(=O)C2CC2)C1. The number of likely N-dealkylation sites (tertiary alicyclic amines) is 1. The van der Waals surface area contributed by atoms with E-state index in [0.29, 0.717) is 25.4 Å². The van der Waals surface area contributed by atoms with Crippen molar-refractivity contribution in [2.75, 3.05) is 26.2 Å². The average Bonchev–Trinajstić information content (AvgIpc) is 3.43. The molecule has 0 spiro atoms. The Labute approximate surface area is 132 Å². The lowest BCUT2D eigenvalue weighted by molar-refractivity contribution is -0.141. The summed E-state index contributed by atoms with van der Waals surface area (Å²) in [5, 5.41) is 8.80. The van der Waals surface area contributed by atoms with Crippen LogP contribution in [0.2, 0.25) is 0 Å². The molecule has 0 aromatic heterocycles. The topological polar surface area (TPSA) is 64.4 Å². The summed E-state index contributed by atoms with van der Waals surface area (Å²) in [5.41, 5.74) is 0. The molecule has 1 aliphatic heterocycles. The lowest BCUT2D eigenvalue weighted by Gasteiger charge is -2.35. The quantitative estimate of drug-likeness (QED) is 0.751. The molecule has 5 heteroatoms. The second-order valence-electron chi connectivity index (χ2n) is 7.03. The fourth-order valence-electron chi connectivity index (χ4n) is 3.31. The Balaban J connectivity index is 1.58. The summed E-state index contributed by atoms with van der Waals surface area (Å²) in [4.78, 5) is 28.8. The van der Waals surface area contributed by atoms with E-state index in [-0.39, 0.29) is 23.7 Å². The van der Waals surface area contributed by atoms with E-state index in [4.69, 9.17) is 5.26 Å². The van der Waals surface area contributed by atoms with Crippen LogP contribution in [0, 0.1) is 29.1 Å². The third-order valence-electron chi connectivity index (χ3n) is 4.99. The third kappa shape index (κ3) is 3.79. The van der Waals surface area contributed by atoms with Crippen LogP contribution >= 0.6 is 0 Å². The highest BCUT2D eigenvalue weighted by Crippen LogP contribution is 2.33. The first kappa shape index (κ1) is 15.3. The molecule has 0 radical (unpaired) electrons. The number of piperidine rings is 1. The Morgan fingerprint density at radius 3 is 2.55 bits per heavy atom. The van der Waals surface area contributed by atoms with Crippen LogP contribution in [0.15, 0.2) is 0 Å². The first-order valence-electron chi connectivity index (χ1n) is 8.63. The van der Waals surface area contributed by atoms with Gasteiger partial charge in [-0.05, 0) is 44.4 Å². The van der Waals surface area contributed by atoms with Crippen molar-refractivity contribution in [1.29, 1.82) is 5.26 Å². The minimum atomic E-state index is -0.0612. The van der Waals surface area contributed by atoms with Crippen molar-refractivity contribution in [3.8, 4) is 6.07 Å². The van der Waals surface area contributed by atoms with Crippen LogP contribution in [0.4, 0.5) is 0 Å². The molecule has 3 aliphatic rings. The second kappa shape index (κ2) is 6.68. The normalized spacial score (nSPS) is 24.7. The first-order valence-corrected chi connectivity index (χ1v) is 8.63. The van der Waals surface area contributed by atoms with Crippen molar-refractivity contribution in [3.05, 3.63) is 0 Å². The van der Waals surface area contributed by atoms with Gasteiger partial charge in [-0.25, -0.2) is 0 Å². The molecule has 3 fully saturated rings. The van der Waals surface area contributed by atoms with Crippen molar-refractivity contribution < 1.29 is 9.59 Å². The van der Waals surface area contributed by atoms with Crippen molar-refractivity contribution in [2.45, 2.75) is 44.9 Å². The van der Waals surface area contributed by atoms with Gasteiger partial charge in [0.2, 0.25) is 11.8 Å². The van der Waals surface area contributed by atoms with Gasteiger partial charge < -0.3 is 9.80 Å². The summed E-state index contributed by atoms with van der Waals surface area (Å²) in [6, 6.07) is 2.14. The van der Waals surface area contributed by atoms with E-state index in [0.717, 1.165) is 38.8 Å². The summed E-state index contributed by atoms with van der Waals surface area (Å²) >= 11 is 0. The molecule has 5 nitrogen and oxygen atoms in total. The van der Waals surface area contributed by atoms with Gasteiger partial charge in [-0.3, -0.25) is 9.59 Å². The molecule has 2 saturated carbocycles. The minimum absolute atomic E-state index is 0.0612. The molecule has 2 aliphatic carbocycles. The smallest absolute Gasteiger partial charge is 0.227 e. The molecule has 22 heavy (non-hydrogen) atoms. The predicted octanol–water partition coefficient (Wildman–Crippen LogP) is 1.79. The van der Waals surface area contributed by atoms with Gasteiger partial charge in [-0.15, -0.1) is 0 Å². The van der Waals surface area contributed by atoms with E-state index in [2.05, 4.69) is 6.07 Å². The molecule has 1 saturated heterocycles. The summed E-state index contributed by atoms with van der Waals surface area (Å²) in [5.74, 6) is 1.22. The van der Waals surface area contributed by atoms with Gasteiger partial charge in [0, 0.05) is 32.1 Å². The van der Waals surface area contributed by atoms with Crippen LogP contribution < -0.4 is 0 Å². The Bertz CT molecular complexity index is 477. The molecule has 0 aromatic carbocycles.